The maximum atomic E-state index is 12.6. The summed E-state index contributed by atoms with van der Waals surface area (Å²) in [5.41, 5.74) is 1.65. The Morgan fingerprint density at radius 1 is 1.36 bits per heavy atom. The molecule has 3 rings (SSSR count). The number of rotatable bonds is 3. The molecule has 0 saturated carbocycles. The van der Waals surface area contributed by atoms with Gasteiger partial charge in [-0.1, -0.05) is 29.8 Å². The first-order valence-corrected chi connectivity index (χ1v) is 7.26. The molecule has 0 bridgehead atoms. The second-order valence-corrected chi connectivity index (χ2v) is 5.62. The van der Waals surface area contributed by atoms with Crippen LogP contribution in [0.15, 0.2) is 30.5 Å². The molecule has 1 aliphatic rings. The van der Waals surface area contributed by atoms with Gasteiger partial charge in [0.2, 0.25) is 0 Å². The third-order valence-electron chi connectivity index (χ3n) is 3.84. The van der Waals surface area contributed by atoms with E-state index in [0.717, 1.165) is 0 Å². The van der Waals surface area contributed by atoms with Gasteiger partial charge in [0.25, 0.3) is 5.91 Å². The average molecular weight is 320 g/mol. The largest absolute Gasteiger partial charge is 0.481 e. The number of carboxylic acid groups (broad SMARTS) is 1. The molecule has 114 valence electrons. The molecule has 0 aliphatic carbocycles. The Balaban J connectivity index is 1.88. The van der Waals surface area contributed by atoms with E-state index in [0.29, 0.717) is 34.8 Å². The van der Waals surface area contributed by atoms with E-state index in [1.165, 1.54) is 6.20 Å². The SMILES string of the molecule is O=C(O)[C@@H]1CCN(C(=O)c2cn[nH]c2-c2ccccc2Cl)C1. The van der Waals surface area contributed by atoms with Crippen LogP contribution < -0.4 is 0 Å². The van der Waals surface area contributed by atoms with E-state index in [1.54, 1.807) is 17.0 Å². The van der Waals surface area contributed by atoms with Gasteiger partial charge in [-0.25, -0.2) is 0 Å². The van der Waals surface area contributed by atoms with Gasteiger partial charge in [-0.2, -0.15) is 5.10 Å². The molecule has 0 unspecified atom stereocenters. The summed E-state index contributed by atoms with van der Waals surface area (Å²) in [6.07, 6.45) is 1.93. The number of H-pyrrole nitrogens is 1. The average Bonchev–Trinajstić information content (AvgIpc) is 3.16. The molecule has 1 aromatic carbocycles. The van der Waals surface area contributed by atoms with Gasteiger partial charge in [0.05, 0.1) is 23.4 Å². The number of hydrogen-bond donors (Lipinski definition) is 2. The van der Waals surface area contributed by atoms with Gasteiger partial charge in [0, 0.05) is 23.7 Å². The smallest absolute Gasteiger partial charge is 0.308 e. The molecule has 1 amide bonds. The number of benzene rings is 1. The lowest BCUT2D eigenvalue weighted by Crippen LogP contribution is -2.30. The zero-order valence-corrected chi connectivity index (χ0v) is 12.4. The number of carbonyl (C=O) groups excluding carboxylic acids is 1. The summed E-state index contributed by atoms with van der Waals surface area (Å²) in [5.74, 6) is -1.60. The van der Waals surface area contributed by atoms with Crippen LogP contribution in [0, 0.1) is 5.92 Å². The molecule has 1 aliphatic heterocycles. The van der Waals surface area contributed by atoms with Crippen molar-refractivity contribution < 1.29 is 14.7 Å². The normalized spacial score (nSPS) is 17.7. The van der Waals surface area contributed by atoms with E-state index in [1.807, 2.05) is 12.1 Å². The van der Waals surface area contributed by atoms with Crippen LogP contribution >= 0.6 is 11.6 Å². The zero-order valence-electron chi connectivity index (χ0n) is 11.6. The van der Waals surface area contributed by atoms with Gasteiger partial charge >= 0.3 is 5.97 Å². The first-order valence-electron chi connectivity index (χ1n) is 6.88. The highest BCUT2D eigenvalue weighted by Gasteiger charge is 2.32. The molecule has 22 heavy (non-hydrogen) atoms. The fourth-order valence-electron chi connectivity index (χ4n) is 2.63. The van der Waals surface area contributed by atoms with E-state index >= 15 is 0 Å². The second kappa shape index (κ2) is 5.81. The lowest BCUT2D eigenvalue weighted by molar-refractivity contribution is -0.141. The fourth-order valence-corrected chi connectivity index (χ4v) is 2.86. The minimum absolute atomic E-state index is 0.224. The Morgan fingerprint density at radius 2 is 2.14 bits per heavy atom. The van der Waals surface area contributed by atoms with Gasteiger partial charge in [0.1, 0.15) is 0 Å². The number of amides is 1. The summed E-state index contributed by atoms with van der Waals surface area (Å²) in [5, 5.41) is 16.3. The molecule has 0 radical (unpaired) electrons. The maximum absolute atomic E-state index is 12.6. The van der Waals surface area contributed by atoms with Crippen molar-refractivity contribution in [1.29, 1.82) is 0 Å². The van der Waals surface area contributed by atoms with Gasteiger partial charge in [-0.15, -0.1) is 0 Å². The topological polar surface area (TPSA) is 86.3 Å². The summed E-state index contributed by atoms with van der Waals surface area (Å²) in [6, 6.07) is 7.17. The Kier molecular flexibility index (Phi) is 3.85. The summed E-state index contributed by atoms with van der Waals surface area (Å²) in [4.78, 5) is 25.2. The first kappa shape index (κ1) is 14.6. The quantitative estimate of drug-likeness (QED) is 0.908. The number of aromatic nitrogens is 2. The first-order chi connectivity index (χ1) is 10.6. The minimum atomic E-state index is -0.867. The highest BCUT2D eigenvalue weighted by Crippen LogP contribution is 2.30. The number of carboxylic acids is 1. The second-order valence-electron chi connectivity index (χ2n) is 5.21. The van der Waals surface area contributed by atoms with E-state index in [4.69, 9.17) is 16.7 Å². The van der Waals surface area contributed by atoms with E-state index in [9.17, 15) is 9.59 Å². The minimum Gasteiger partial charge on any atom is -0.481 e. The standard InChI is InChI=1S/C15H14ClN3O3/c16-12-4-2-1-3-10(12)13-11(7-17-18-13)14(20)19-6-5-9(8-19)15(21)22/h1-4,7,9H,5-6,8H2,(H,17,18)(H,21,22)/t9-/m1/s1. The number of halogens is 1. The molecule has 2 heterocycles. The summed E-state index contributed by atoms with van der Waals surface area (Å²) >= 11 is 6.17. The highest BCUT2D eigenvalue weighted by molar-refractivity contribution is 6.33. The lowest BCUT2D eigenvalue weighted by atomic mass is 10.1. The van der Waals surface area contributed by atoms with Crippen molar-refractivity contribution in [1.82, 2.24) is 15.1 Å². The summed E-state index contributed by atoms with van der Waals surface area (Å²) < 4.78 is 0. The number of nitrogens with one attached hydrogen (secondary N) is 1. The number of carbonyl (C=O) groups is 2. The van der Waals surface area contributed by atoms with Crippen molar-refractivity contribution >= 4 is 23.5 Å². The third kappa shape index (κ3) is 2.57. The van der Waals surface area contributed by atoms with Crippen LogP contribution in [0.2, 0.25) is 5.02 Å². The van der Waals surface area contributed by atoms with E-state index < -0.39 is 11.9 Å². The Labute approximate surface area is 131 Å². The van der Waals surface area contributed by atoms with Crippen LogP contribution in [-0.4, -0.2) is 45.2 Å². The van der Waals surface area contributed by atoms with Crippen LogP contribution in [0.3, 0.4) is 0 Å². The van der Waals surface area contributed by atoms with Gasteiger partial charge in [-0.3, -0.25) is 14.7 Å². The molecule has 1 saturated heterocycles. The Hall–Kier alpha value is -2.34. The predicted octanol–water partition coefficient (Wildman–Crippen LogP) is 2.28. The molecule has 1 aromatic heterocycles. The molecular formula is C15H14ClN3O3. The van der Waals surface area contributed by atoms with E-state index in [2.05, 4.69) is 10.2 Å². The van der Waals surface area contributed by atoms with E-state index in [-0.39, 0.29) is 12.5 Å². The molecule has 6 nitrogen and oxygen atoms in total. The van der Waals surface area contributed by atoms with Crippen molar-refractivity contribution in [2.45, 2.75) is 6.42 Å². The van der Waals surface area contributed by atoms with Crippen molar-refractivity contribution in [2.75, 3.05) is 13.1 Å². The van der Waals surface area contributed by atoms with Crippen LogP contribution in [-0.2, 0) is 4.79 Å². The van der Waals surface area contributed by atoms with Gasteiger partial charge < -0.3 is 10.0 Å². The van der Waals surface area contributed by atoms with Crippen LogP contribution in [0.25, 0.3) is 11.3 Å². The molecule has 7 heteroatoms. The van der Waals surface area contributed by atoms with Crippen LogP contribution in [0.1, 0.15) is 16.8 Å². The predicted molar refractivity (Wildman–Crippen MR) is 80.7 cm³/mol. The number of aliphatic carboxylic acids is 1. The monoisotopic (exact) mass is 319 g/mol. The molecule has 0 spiro atoms. The van der Waals surface area contributed by atoms with Gasteiger partial charge in [-0.05, 0) is 12.5 Å². The Morgan fingerprint density at radius 3 is 2.82 bits per heavy atom. The van der Waals surface area contributed by atoms with Crippen molar-refractivity contribution in [3.05, 3.63) is 41.0 Å². The van der Waals surface area contributed by atoms with Crippen molar-refractivity contribution in [3.63, 3.8) is 0 Å². The van der Waals surface area contributed by atoms with Crippen molar-refractivity contribution in [2.24, 2.45) is 5.92 Å². The van der Waals surface area contributed by atoms with Crippen molar-refractivity contribution in [3.8, 4) is 11.3 Å². The third-order valence-corrected chi connectivity index (χ3v) is 4.17. The van der Waals surface area contributed by atoms with Gasteiger partial charge in [0.15, 0.2) is 0 Å². The summed E-state index contributed by atoms with van der Waals surface area (Å²) in [6.45, 7) is 0.657. The number of likely N-dealkylation sites (tertiary alicyclic amines) is 1. The fraction of sp³-hybridized carbons (Fsp3) is 0.267. The maximum Gasteiger partial charge on any atom is 0.308 e. The Bertz CT molecular complexity index is 728. The highest BCUT2D eigenvalue weighted by atomic mass is 35.5. The van der Waals surface area contributed by atoms with Crippen LogP contribution in [0.5, 0.6) is 0 Å². The molecule has 1 fully saturated rings. The molecular weight excluding hydrogens is 306 g/mol. The molecule has 2 aromatic rings. The number of nitrogens with zero attached hydrogens (tertiary/aromatic N) is 2. The summed E-state index contributed by atoms with van der Waals surface area (Å²) in [7, 11) is 0. The molecule has 1 atom stereocenters. The molecule has 2 N–H and O–H groups in total. The number of hydrogen-bond acceptors (Lipinski definition) is 3. The zero-order chi connectivity index (χ0) is 15.7. The lowest BCUT2D eigenvalue weighted by Gasteiger charge is -2.16. The number of aromatic amines is 1. The van der Waals surface area contributed by atoms with Crippen LogP contribution in [0.4, 0.5) is 0 Å².